The lowest BCUT2D eigenvalue weighted by molar-refractivity contribution is 0.594. The molecular weight excluding hydrogens is 148 g/mol. The SMILES string of the molecule is CC(C)(C)c1ccccc1[Si]. The number of hydrogen-bond acceptors (Lipinski definition) is 0. The molecule has 0 amide bonds. The van der Waals surface area contributed by atoms with E-state index < -0.39 is 0 Å². The molecule has 0 nitrogen and oxygen atoms in total. The Morgan fingerprint density at radius 2 is 1.64 bits per heavy atom. The molecule has 0 bridgehead atoms. The number of benzene rings is 1. The molecule has 11 heavy (non-hydrogen) atoms. The highest BCUT2D eigenvalue weighted by molar-refractivity contribution is 6.33. The van der Waals surface area contributed by atoms with E-state index in [1.54, 1.807) is 0 Å². The van der Waals surface area contributed by atoms with Crippen molar-refractivity contribution in [2.24, 2.45) is 0 Å². The van der Waals surface area contributed by atoms with Crippen LogP contribution in [0.5, 0.6) is 0 Å². The lowest BCUT2D eigenvalue weighted by atomic mass is 9.87. The van der Waals surface area contributed by atoms with Crippen LogP contribution in [0.4, 0.5) is 0 Å². The molecule has 0 heterocycles. The van der Waals surface area contributed by atoms with Gasteiger partial charge in [0.15, 0.2) is 0 Å². The van der Waals surface area contributed by atoms with E-state index in [9.17, 15) is 0 Å². The van der Waals surface area contributed by atoms with Gasteiger partial charge in [0.1, 0.15) is 0 Å². The predicted molar refractivity (Wildman–Crippen MR) is 50.5 cm³/mol. The minimum atomic E-state index is 0.234. The van der Waals surface area contributed by atoms with E-state index in [0.29, 0.717) is 0 Å². The maximum atomic E-state index is 3.58. The molecule has 0 aliphatic rings. The predicted octanol–water partition coefficient (Wildman–Crippen LogP) is 1.78. The van der Waals surface area contributed by atoms with E-state index >= 15 is 0 Å². The van der Waals surface area contributed by atoms with Gasteiger partial charge in [-0.25, -0.2) is 0 Å². The summed E-state index contributed by atoms with van der Waals surface area (Å²) in [6.07, 6.45) is 0. The number of rotatable bonds is 0. The lowest BCUT2D eigenvalue weighted by Crippen LogP contribution is -2.22. The van der Waals surface area contributed by atoms with Gasteiger partial charge in [0.05, 0.1) is 10.2 Å². The molecular formula is C10H13Si. The third kappa shape index (κ3) is 1.93. The van der Waals surface area contributed by atoms with E-state index in [-0.39, 0.29) is 5.41 Å². The lowest BCUT2D eigenvalue weighted by Gasteiger charge is -2.21. The molecule has 0 aromatic heterocycles. The minimum absolute atomic E-state index is 0.234. The van der Waals surface area contributed by atoms with Crippen LogP contribution in [-0.4, -0.2) is 10.2 Å². The molecule has 1 rings (SSSR count). The Morgan fingerprint density at radius 1 is 1.09 bits per heavy atom. The van der Waals surface area contributed by atoms with E-state index in [2.05, 4.69) is 49.2 Å². The molecule has 1 aromatic carbocycles. The van der Waals surface area contributed by atoms with Gasteiger partial charge in [0.25, 0.3) is 0 Å². The molecule has 0 saturated carbocycles. The topological polar surface area (TPSA) is 0 Å². The van der Waals surface area contributed by atoms with Crippen LogP contribution in [0, 0.1) is 0 Å². The van der Waals surface area contributed by atoms with Gasteiger partial charge in [-0.2, -0.15) is 0 Å². The summed E-state index contributed by atoms with van der Waals surface area (Å²) in [6.45, 7) is 6.64. The zero-order valence-electron chi connectivity index (χ0n) is 7.31. The van der Waals surface area contributed by atoms with E-state index in [4.69, 9.17) is 0 Å². The normalized spacial score (nSPS) is 11.6. The van der Waals surface area contributed by atoms with Crippen LogP contribution in [0.15, 0.2) is 24.3 Å². The fourth-order valence-electron chi connectivity index (χ4n) is 1.14. The highest BCUT2D eigenvalue weighted by atomic mass is 28.1. The summed E-state index contributed by atoms with van der Waals surface area (Å²) in [5.74, 6) is 0. The maximum Gasteiger partial charge on any atom is 0.0715 e. The van der Waals surface area contributed by atoms with Crippen LogP contribution in [0.1, 0.15) is 26.3 Å². The second-order valence-corrected chi connectivity index (χ2v) is 4.33. The zero-order valence-corrected chi connectivity index (χ0v) is 8.31. The second-order valence-electron chi connectivity index (χ2n) is 3.80. The Bertz CT molecular complexity index is 245. The second kappa shape index (κ2) is 2.82. The fourth-order valence-corrected chi connectivity index (χ4v) is 1.69. The van der Waals surface area contributed by atoms with Crippen molar-refractivity contribution in [2.45, 2.75) is 26.2 Å². The molecule has 57 valence electrons. The fraction of sp³-hybridized carbons (Fsp3) is 0.400. The Hall–Kier alpha value is -0.563. The van der Waals surface area contributed by atoms with E-state index in [1.807, 2.05) is 6.07 Å². The summed E-state index contributed by atoms with van der Waals surface area (Å²) in [4.78, 5) is 0. The minimum Gasteiger partial charge on any atom is -0.0637 e. The molecule has 0 unspecified atom stereocenters. The average Bonchev–Trinajstić information content (AvgIpc) is 1.86. The molecule has 1 aromatic rings. The molecule has 0 aliphatic carbocycles. The van der Waals surface area contributed by atoms with Crippen molar-refractivity contribution in [2.75, 3.05) is 0 Å². The molecule has 0 fully saturated rings. The van der Waals surface area contributed by atoms with Gasteiger partial charge >= 0.3 is 0 Å². The summed E-state index contributed by atoms with van der Waals surface area (Å²) in [6, 6.07) is 8.35. The smallest absolute Gasteiger partial charge is 0.0637 e. The standard InChI is InChI=1S/C10H13Si/c1-10(2,3)8-6-4-5-7-9(8)11/h4-7H,1-3H3. The molecule has 0 spiro atoms. The zero-order chi connectivity index (χ0) is 8.48. The first kappa shape index (κ1) is 8.53. The van der Waals surface area contributed by atoms with Gasteiger partial charge in [-0.05, 0) is 11.0 Å². The van der Waals surface area contributed by atoms with Crippen molar-refractivity contribution in [3.8, 4) is 0 Å². The molecule has 0 atom stereocenters. The van der Waals surface area contributed by atoms with Gasteiger partial charge in [0, 0.05) is 0 Å². The Labute approximate surface area is 72.1 Å². The number of hydrogen-bond donors (Lipinski definition) is 0. The summed E-state index contributed by atoms with van der Waals surface area (Å²) in [5, 5.41) is 1.19. The molecule has 0 N–H and O–H groups in total. The Kier molecular flexibility index (Phi) is 2.19. The van der Waals surface area contributed by atoms with Crippen molar-refractivity contribution >= 4 is 15.4 Å². The van der Waals surface area contributed by atoms with Crippen LogP contribution in [0.2, 0.25) is 0 Å². The van der Waals surface area contributed by atoms with Gasteiger partial charge < -0.3 is 0 Å². The van der Waals surface area contributed by atoms with Gasteiger partial charge in [0.2, 0.25) is 0 Å². The molecule has 3 radical (unpaired) electrons. The van der Waals surface area contributed by atoms with Crippen molar-refractivity contribution in [3.05, 3.63) is 29.8 Å². The van der Waals surface area contributed by atoms with Crippen LogP contribution in [0.3, 0.4) is 0 Å². The van der Waals surface area contributed by atoms with Gasteiger partial charge in [-0.3, -0.25) is 0 Å². The quantitative estimate of drug-likeness (QED) is 0.509. The summed E-state index contributed by atoms with van der Waals surface area (Å²) in [5.41, 5.74) is 1.59. The van der Waals surface area contributed by atoms with Crippen molar-refractivity contribution in [1.82, 2.24) is 0 Å². The highest BCUT2D eigenvalue weighted by Crippen LogP contribution is 2.18. The van der Waals surface area contributed by atoms with Crippen molar-refractivity contribution in [3.63, 3.8) is 0 Å². The van der Waals surface area contributed by atoms with Crippen LogP contribution < -0.4 is 5.19 Å². The van der Waals surface area contributed by atoms with Crippen LogP contribution in [-0.2, 0) is 5.41 Å². The third-order valence-electron chi connectivity index (χ3n) is 1.74. The first-order valence-corrected chi connectivity index (χ1v) is 4.33. The largest absolute Gasteiger partial charge is 0.0715 e. The first-order chi connectivity index (χ1) is 5.02. The van der Waals surface area contributed by atoms with E-state index in [0.717, 1.165) is 0 Å². The molecule has 1 heteroatoms. The Morgan fingerprint density at radius 3 is 2.00 bits per heavy atom. The third-order valence-corrected chi connectivity index (χ3v) is 2.17. The van der Waals surface area contributed by atoms with Gasteiger partial charge in [-0.1, -0.05) is 50.2 Å². The maximum absolute atomic E-state index is 3.58. The summed E-state index contributed by atoms with van der Waals surface area (Å²) < 4.78 is 0. The molecule has 0 aliphatic heterocycles. The van der Waals surface area contributed by atoms with Crippen molar-refractivity contribution in [1.29, 1.82) is 0 Å². The van der Waals surface area contributed by atoms with Gasteiger partial charge in [-0.15, -0.1) is 0 Å². The Balaban J connectivity index is 3.14. The van der Waals surface area contributed by atoms with Crippen molar-refractivity contribution < 1.29 is 0 Å². The van der Waals surface area contributed by atoms with Crippen LogP contribution in [0.25, 0.3) is 0 Å². The highest BCUT2D eigenvalue weighted by Gasteiger charge is 2.14. The summed E-state index contributed by atoms with van der Waals surface area (Å²) >= 11 is 0. The first-order valence-electron chi connectivity index (χ1n) is 3.83. The van der Waals surface area contributed by atoms with E-state index in [1.165, 1.54) is 10.8 Å². The monoisotopic (exact) mass is 161 g/mol. The average molecular weight is 161 g/mol. The summed E-state index contributed by atoms with van der Waals surface area (Å²) in [7, 11) is 3.58. The van der Waals surface area contributed by atoms with Crippen LogP contribution >= 0.6 is 0 Å². The molecule has 0 saturated heterocycles.